The van der Waals surface area contributed by atoms with Crippen molar-refractivity contribution in [2.24, 2.45) is 0 Å². The second-order valence-electron chi connectivity index (χ2n) is 6.76. The number of nitrogens with zero attached hydrogens (tertiary/aromatic N) is 2. The highest BCUT2D eigenvalue weighted by Crippen LogP contribution is 2.36. The SMILES string of the molecule is CC(C)c1ncc(C(=O)N2CCC(C(=O)O)(c3ccccc3)CC2)s1. The normalized spacial score (nSPS) is 16.8. The number of carbonyl (C=O) groups is 2. The highest BCUT2D eigenvalue weighted by Gasteiger charge is 2.44. The van der Waals surface area contributed by atoms with Gasteiger partial charge in [-0.25, -0.2) is 4.98 Å². The molecule has 1 aromatic carbocycles. The van der Waals surface area contributed by atoms with Crippen LogP contribution in [-0.2, 0) is 10.2 Å². The highest BCUT2D eigenvalue weighted by molar-refractivity contribution is 7.13. The minimum absolute atomic E-state index is 0.0450. The van der Waals surface area contributed by atoms with Gasteiger partial charge in [-0.3, -0.25) is 9.59 Å². The molecule has 1 aliphatic rings. The largest absolute Gasteiger partial charge is 0.481 e. The quantitative estimate of drug-likeness (QED) is 0.908. The minimum Gasteiger partial charge on any atom is -0.481 e. The van der Waals surface area contributed by atoms with Gasteiger partial charge in [-0.05, 0) is 18.4 Å². The molecule has 3 rings (SSSR count). The molecule has 1 aromatic heterocycles. The number of aromatic nitrogens is 1. The molecular weight excluding hydrogens is 336 g/mol. The van der Waals surface area contributed by atoms with Crippen LogP contribution in [0.3, 0.4) is 0 Å². The van der Waals surface area contributed by atoms with E-state index in [0.29, 0.717) is 36.7 Å². The van der Waals surface area contributed by atoms with Crippen LogP contribution in [0.15, 0.2) is 36.5 Å². The summed E-state index contributed by atoms with van der Waals surface area (Å²) in [5, 5.41) is 10.8. The third kappa shape index (κ3) is 3.31. The summed E-state index contributed by atoms with van der Waals surface area (Å²) in [5.41, 5.74) is -0.0936. The molecule has 5 nitrogen and oxygen atoms in total. The second-order valence-corrected chi connectivity index (χ2v) is 7.83. The van der Waals surface area contributed by atoms with E-state index in [0.717, 1.165) is 10.6 Å². The standard InChI is InChI=1S/C19H22N2O3S/c1-13(2)16-20-12-15(25-16)17(22)21-10-8-19(9-11-21,18(23)24)14-6-4-3-5-7-14/h3-7,12-13H,8-11H2,1-2H3,(H,23,24). The summed E-state index contributed by atoms with van der Waals surface area (Å²) in [6.07, 6.45) is 2.49. The lowest BCUT2D eigenvalue weighted by molar-refractivity contribution is -0.145. The average Bonchev–Trinajstić information content (AvgIpc) is 3.12. The lowest BCUT2D eigenvalue weighted by atomic mass is 9.73. The molecule has 0 aliphatic carbocycles. The maximum atomic E-state index is 12.7. The Hall–Kier alpha value is -2.21. The molecule has 0 unspecified atom stereocenters. The van der Waals surface area contributed by atoms with Gasteiger partial charge >= 0.3 is 5.97 Å². The molecule has 0 radical (unpaired) electrons. The molecule has 1 saturated heterocycles. The molecule has 1 aliphatic heterocycles. The molecule has 6 heteroatoms. The molecule has 1 N–H and O–H groups in total. The summed E-state index contributed by atoms with van der Waals surface area (Å²) >= 11 is 1.43. The van der Waals surface area contributed by atoms with Crippen molar-refractivity contribution >= 4 is 23.2 Å². The number of hydrogen-bond acceptors (Lipinski definition) is 4. The fraction of sp³-hybridized carbons (Fsp3) is 0.421. The number of likely N-dealkylation sites (tertiary alicyclic amines) is 1. The van der Waals surface area contributed by atoms with Crippen LogP contribution in [-0.4, -0.2) is 40.0 Å². The van der Waals surface area contributed by atoms with E-state index in [-0.39, 0.29) is 5.91 Å². The van der Waals surface area contributed by atoms with Crippen molar-refractivity contribution < 1.29 is 14.7 Å². The molecule has 132 valence electrons. The first-order chi connectivity index (χ1) is 11.9. The van der Waals surface area contributed by atoms with Crippen molar-refractivity contribution in [3.05, 3.63) is 52.0 Å². The van der Waals surface area contributed by atoms with E-state index in [4.69, 9.17) is 0 Å². The number of carbonyl (C=O) groups excluding carboxylic acids is 1. The lowest BCUT2D eigenvalue weighted by Crippen LogP contribution is -2.49. The van der Waals surface area contributed by atoms with E-state index in [1.54, 1.807) is 11.1 Å². The van der Waals surface area contributed by atoms with Gasteiger partial charge in [-0.1, -0.05) is 44.2 Å². The van der Waals surface area contributed by atoms with Crippen LogP contribution >= 0.6 is 11.3 Å². The van der Waals surface area contributed by atoms with Crippen LogP contribution in [0.2, 0.25) is 0 Å². The van der Waals surface area contributed by atoms with Crippen molar-refractivity contribution in [1.82, 2.24) is 9.88 Å². The van der Waals surface area contributed by atoms with Crippen molar-refractivity contribution in [2.75, 3.05) is 13.1 Å². The van der Waals surface area contributed by atoms with E-state index in [9.17, 15) is 14.7 Å². The Morgan fingerprint density at radius 1 is 1.20 bits per heavy atom. The third-order valence-electron chi connectivity index (χ3n) is 4.87. The first-order valence-electron chi connectivity index (χ1n) is 8.48. The fourth-order valence-electron chi connectivity index (χ4n) is 3.28. The summed E-state index contributed by atoms with van der Waals surface area (Å²) in [6.45, 7) is 4.98. The van der Waals surface area contributed by atoms with E-state index < -0.39 is 11.4 Å². The number of benzene rings is 1. The van der Waals surface area contributed by atoms with Gasteiger partial charge in [0.15, 0.2) is 0 Å². The topological polar surface area (TPSA) is 70.5 Å². The first-order valence-corrected chi connectivity index (χ1v) is 9.29. The zero-order chi connectivity index (χ0) is 18.0. The Morgan fingerprint density at radius 3 is 2.36 bits per heavy atom. The number of hydrogen-bond donors (Lipinski definition) is 1. The van der Waals surface area contributed by atoms with Gasteiger partial charge in [0.2, 0.25) is 0 Å². The van der Waals surface area contributed by atoms with Crippen LogP contribution in [0, 0.1) is 0 Å². The lowest BCUT2D eigenvalue weighted by Gasteiger charge is -2.39. The molecule has 0 spiro atoms. The van der Waals surface area contributed by atoms with Crippen LogP contribution in [0.25, 0.3) is 0 Å². The maximum Gasteiger partial charge on any atom is 0.314 e. The number of piperidine rings is 1. The van der Waals surface area contributed by atoms with Crippen molar-refractivity contribution in [3.8, 4) is 0 Å². The molecular formula is C19H22N2O3S. The average molecular weight is 358 g/mol. The molecule has 2 heterocycles. The maximum absolute atomic E-state index is 12.7. The first kappa shape index (κ1) is 17.6. The van der Waals surface area contributed by atoms with E-state index in [1.807, 2.05) is 30.3 Å². The Morgan fingerprint density at radius 2 is 1.84 bits per heavy atom. The number of thiazole rings is 1. The Kier molecular flexibility index (Phi) is 4.90. The number of rotatable bonds is 4. The smallest absolute Gasteiger partial charge is 0.314 e. The second kappa shape index (κ2) is 6.96. The van der Waals surface area contributed by atoms with E-state index >= 15 is 0 Å². The zero-order valence-corrected chi connectivity index (χ0v) is 15.3. The van der Waals surface area contributed by atoms with Gasteiger partial charge in [0.25, 0.3) is 5.91 Å². The predicted octanol–water partition coefficient (Wildman–Crippen LogP) is 3.53. The Balaban J connectivity index is 1.75. The van der Waals surface area contributed by atoms with Crippen LogP contribution in [0.5, 0.6) is 0 Å². The zero-order valence-electron chi connectivity index (χ0n) is 14.4. The summed E-state index contributed by atoms with van der Waals surface area (Å²) < 4.78 is 0. The molecule has 1 amide bonds. The molecule has 1 fully saturated rings. The van der Waals surface area contributed by atoms with Gasteiger partial charge < -0.3 is 10.0 Å². The molecule has 0 bridgehead atoms. The fourth-order valence-corrected chi connectivity index (χ4v) is 4.17. The number of aliphatic carboxylic acids is 1. The molecule has 2 aromatic rings. The van der Waals surface area contributed by atoms with Gasteiger partial charge in [-0.2, -0.15) is 0 Å². The third-order valence-corrected chi connectivity index (χ3v) is 6.15. The summed E-state index contributed by atoms with van der Waals surface area (Å²) in [7, 11) is 0. The van der Waals surface area contributed by atoms with Gasteiger partial charge in [0, 0.05) is 19.0 Å². The van der Waals surface area contributed by atoms with E-state index in [1.165, 1.54) is 11.3 Å². The Labute approximate surface area is 151 Å². The highest BCUT2D eigenvalue weighted by atomic mass is 32.1. The van der Waals surface area contributed by atoms with Crippen LogP contribution < -0.4 is 0 Å². The van der Waals surface area contributed by atoms with Crippen molar-refractivity contribution in [3.63, 3.8) is 0 Å². The Bertz CT molecular complexity index is 762. The monoisotopic (exact) mass is 358 g/mol. The minimum atomic E-state index is -0.908. The van der Waals surface area contributed by atoms with Crippen molar-refractivity contribution in [1.29, 1.82) is 0 Å². The number of amides is 1. The summed E-state index contributed by atoms with van der Waals surface area (Å²) in [4.78, 5) is 31.4. The van der Waals surface area contributed by atoms with Crippen molar-refractivity contribution in [2.45, 2.75) is 38.0 Å². The summed E-state index contributed by atoms with van der Waals surface area (Å²) in [5.74, 6) is -0.562. The predicted molar refractivity (Wildman–Crippen MR) is 97.1 cm³/mol. The summed E-state index contributed by atoms with van der Waals surface area (Å²) in [6, 6.07) is 9.34. The molecule has 0 saturated carbocycles. The van der Waals surface area contributed by atoms with Crippen LogP contribution in [0.4, 0.5) is 0 Å². The van der Waals surface area contributed by atoms with Gasteiger partial charge in [0.05, 0.1) is 16.6 Å². The van der Waals surface area contributed by atoms with Crippen LogP contribution in [0.1, 0.15) is 52.8 Å². The number of carboxylic acids is 1. The number of carboxylic acid groups (broad SMARTS) is 1. The van der Waals surface area contributed by atoms with E-state index in [2.05, 4.69) is 18.8 Å². The molecule has 0 atom stereocenters. The molecule has 25 heavy (non-hydrogen) atoms. The van der Waals surface area contributed by atoms with Gasteiger partial charge in [0.1, 0.15) is 4.88 Å². The van der Waals surface area contributed by atoms with Gasteiger partial charge in [-0.15, -0.1) is 11.3 Å².